The number of benzene rings is 2. The van der Waals surface area contributed by atoms with E-state index in [2.05, 4.69) is 10.7 Å². The third-order valence-corrected chi connectivity index (χ3v) is 4.66. The monoisotopic (exact) mass is 331 g/mol. The molecule has 5 N–H and O–H groups in total. The molecule has 0 spiro atoms. The molecule has 0 radical (unpaired) electrons. The highest BCUT2D eigenvalue weighted by molar-refractivity contribution is 6.36. The molecule has 2 aromatic rings. The van der Waals surface area contributed by atoms with Crippen LogP contribution in [0.25, 0.3) is 11.1 Å². The maximum Gasteiger partial charge on any atom is 0.0913 e. The number of anilines is 2. The average Bonchev–Trinajstić information content (AvgIpc) is 3.37. The highest BCUT2D eigenvalue weighted by Gasteiger charge is 2.21. The molecular weight excluding hydrogens is 310 g/mol. The summed E-state index contributed by atoms with van der Waals surface area (Å²) in [7, 11) is 0. The second-order valence-corrected chi connectivity index (χ2v) is 6.49. The maximum absolute atomic E-state index is 9.61. The Labute approximate surface area is 141 Å². The Kier molecular flexibility index (Phi) is 4.76. The second-order valence-electron chi connectivity index (χ2n) is 6.12. The van der Waals surface area contributed by atoms with Crippen LogP contribution < -0.4 is 16.6 Å². The van der Waals surface area contributed by atoms with E-state index in [9.17, 15) is 5.11 Å². The Morgan fingerprint density at radius 3 is 2.48 bits per heavy atom. The molecule has 5 heteroatoms. The van der Waals surface area contributed by atoms with Gasteiger partial charge in [0.1, 0.15) is 0 Å². The molecule has 0 aromatic heterocycles. The van der Waals surface area contributed by atoms with E-state index in [4.69, 9.17) is 17.4 Å². The number of aliphatic hydroxyl groups is 1. The minimum Gasteiger partial charge on any atom is -0.389 e. The molecule has 23 heavy (non-hydrogen) atoms. The summed E-state index contributed by atoms with van der Waals surface area (Å²) in [5.41, 5.74) is 7.13. The summed E-state index contributed by atoms with van der Waals surface area (Å²) in [6.45, 7) is 2.70. The van der Waals surface area contributed by atoms with Gasteiger partial charge < -0.3 is 15.8 Å². The minimum atomic E-state index is -0.477. The van der Waals surface area contributed by atoms with Crippen molar-refractivity contribution in [3.05, 3.63) is 47.0 Å². The quantitative estimate of drug-likeness (QED) is 0.473. The van der Waals surface area contributed by atoms with Crippen molar-refractivity contribution in [2.75, 3.05) is 17.3 Å². The maximum atomic E-state index is 9.61. The summed E-state index contributed by atoms with van der Waals surface area (Å²) in [4.78, 5) is 0. The SMILES string of the molecule is CC(O)c1ccc(-c2ccc(NCC3CC3)c(NN)c2Cl)cc1. The van der Waals surface area contributed by atoms with Crippen LogP contribution in [0.1, 0.15) is 31.4 Å². The Morgan fingerprint density at radius 1 is 1.22 bits per heavy atom. The van der Waals surface area contributed by atoms with Gasteiger partial charge in [0.25, 0.3) is 0 Å². The third-order valence-electron chi connectivity index (χ3n) is 4.27. The van der Waals surface area contributed by atoms with E-state index in [1.807, 2.05) is 36.4 Å². The van der Waals surface area contributed by atoms with E-state index < -0.39 is 6.10 Å². The molecule has 1 aliphatic carbocycles. The molecule has 0 saturated heterocycles. The van der Waals surface area contributed by atoms with Crippen LogP contribution in [0.4, 0.5) is 11.4 Å². The minimum absolute atomic E-state index is 0.477. The number of halogens is 1. The molecule has 1 unspecified atom stereocenters. The number of hydrogen-bond donors (Lipinski definition) is 4. The van der Waals surface area contributed by atoms with E-state index in [1.54, 1.807) is 6.92 Å². The van der Waals surface area contributed by atoms with Gasteiger partial charge in [-0.05, 0) is 42.9 Å². The van der Waals surface area contributed by atoms with E-state index in [0.29, 0.717) is 10.7 Å². The molecule has 0 heterocycles. The number of aliphatic hydroxyl groups excluding tert-OH is 1. The predicted octanol–water partition coefficient (Wildman–Crippen LogP) is 4.17. The van der Waals surface area contributed by atoms with Crippen LogP contribution in [0.2, 0.25) is 5.02 Å². The normalized spacial score (nSPS) is 15.3. The van der Waals surface area contributed by atoms with Gasteiger partial charge in [-0.15, -0.1) is 0 Å². The van der Waals surface area contributed by atoms with Gasteiger partial charge in [-0.25, -0.2) is 0 Å². The number of nitrogen functional groups attached to an aromatic ring is 1. The summed E-state index contributed by atoms with van der Waals surface area (Å²) in [5.74, 6) is 6.45. The van der Waals surface area contributed by atoms with Crippen molar-refractivity contribution in [3.63, 3.8) is 0 Å². The molecule has 1 fully saturated rings. The molecule has 3 rings (SSSR count). The Balaban J connectivity index is 1.89. The largest absolute Gasteiger partial charge is 0.389 e. The first-order valence-electron chi connectivity index (χ1n) is 7.91. The van der Waals surface area contributed by atoms with Crippen LogP contribution in [-0.4, -0.2) is 11.7 Å². The summed E-state index contributed by atoms with van der Waals surface area (Å²) < 4.78 is 0. The van der Waals surface area contributed by atoms with Crippen molar-refractivity contribution < 1.29 is 5.11 Å². The fourth-order valence-electron chi connectivity index (χ4n) is 2.60. The number of hydrazine groups is 1. The van der Waals surface area contributed by atoms with Crippen LogP contribution in [-0.2, 0) is 0 Å². The molecule has 1 atom stereocenters. The predicted molar refractivity (Wildman–Crippen MR) is 96.5 cm³/mol. The average molecular weight is 332 g/mol. The molecule has 0 aliphatic heterocycles. The van der Waals surface area contributed by atoms with Gasteiger partial charge >= 0.3 is 0 Å². The van der Waals surface area contributed by atoms with Gasteiger partial charge in [0.05, 0.1) is 22.5 Å². The lowest BCUT2D eigenvalue weighted by atomic mass is 10.0. The van der Waals surface area contributed by atoms with E-state index >= 15 is 0 Å². The fraction of sp³-hybridized carbons (Fsp3) is 0.333. The molecule has 4 nitrogen and oxygen atoms in total. The van der Waals surface area contributed by atoms with Gasteiger partial charge in [0, 0.05) is 12.1 Å². The number of rotatable bonds is 6. The molecule has 2 aromatic carbocycles. The van der Waals surface area contributed by atoms with Crippen molar-refractivity contribution in [2.45, 2.75) is 25.9 Å². The number of hydrogen-bond acceptors (Lipinski definition) is 4. The zero-order valence-corrected chi connectivity index (χ0v) is 13.9. The Morgan fingerprint density at radius 2 is 1.91 bits per heavy atom. The zero-order chi connectivity index (χ0) is 16.4. The first kappa shape index (κ1) is 16.1. The lowest BCUT2D eigenvalue weighted by Gasteiger charge is -2.16. The smallest absolute Gasteiger partial charge is 0.0913 e. The third kappa shape index (κ3) is 3.61. The first-order chi connectivity index (χ1) is 11.1. The van der Waals surface area contributed by atoms with Crippen LogP contribution >= 0.6 is 11.6 Å². The second kappa shape index (κ2) is 6.79. The molecule has 1 aliphatic rings. The zero-order valence-electron chi connectivity index (χ0n) is 13.1. The van der Waals surface area contributed by atoms with E-state index in [0.717, 1.165) is 34.8 Å². The lowest BCUT2D eigenvalue weighted by molar-refractivity contribution is 0.199. The van der Waals surface area contributed by atoms with Gasteiger partial charge in [0.15, 0.2) is 0 Å². The summed E-state index contributed by atoms with van der Waals surface area (Å²) in [5, 5.41) is 13.6. The molecule has 122 valence electrons. The molecule has 0 bridgehead atoms. The van der Waals surface area contributed by atoms with Crippen LogP contribution in [0.15, 0.2) is 36.4 Å². The Hall–Kier alpha value is -1.75. The summed E-state index contributed by atoms with van der Waals surface area (Å²) in [6, 6.07) is 11.7. The van der Waals surface area contributed by atoms with Gasteiger partial charge in [-0.3, -0.25) is 5.84 Å². The van der Waals surface area contributed by atoms with Crippen LogP contribution in [0.3, 0.4) is 0 Å². The number of nitrogens with one attached hydrogen (secondary N) is 2. The molecule has 1 saturated carbocycles. The van der Waals surface area contributed by atoms with Crippen molar-refractivity contribution in [3.8, 4) is 11.1 Å². The van der Waals surface area contributed by atoms with Crippen molar-refractivity contribution in [2.24, 2.45) is 11.8 Å². The van der Waals surface area contributed by atoms with Gasteiger partial charge in [-0.2, -0.15) is 0 Å². The highest BCUT2D eigenvalue weighted by Crippen LogP contribution is 2.39. The lowest BCUT2D eigenvalue weighted by Crippen LogP contribution is -2.12. The van der Waals surface area contributed by atoms with E-state index in [1.165, 1.54) is 12.8 Å². The topological polar surface area (TPSA) is 70.3 Å². The van der Waals surface area contributed by atoms with Gasteiger partial charge in [0.2, 0.25) is 0 Å². The van der Waals surface area contributed by atoms with Gasteiger partial charge in [-0.1, -0.05) is 41.9 Å². The van der Waals surface area contributed by atoms with Crippen molar-refractivity contribution in [1.29, 1.82) is 0 Å². The number of nitrogens with two attached hydrogens (primary N) is 1. The Bertz CT molecular complexity index is 681. The summed E-state index contributed by atoms with van der Waals surface area (Å²) >= 11 is 6.55. The summed E-state index contributed by atoms with van der Waals surface area (Å²) in [6.07, 6.45) is 2.11. The van der Waals surface area contributed by atoms with Crippen molar-refractivity contribution in [1.82, 2.24) is 0 Å². The van der Waals surface area contributed by atoms with E-state index in [-0.39, 0.29) is 0 Å². The fourth-order valence-corrected chi connectivity index (χ4v) is 2.93. The first-order valence-corrected chi connectivity index (χ1v) is 8.29. The highest BCUT2D eigenvalue weighted by atomic mass is 35.5. The standard InChI is InChI=1S/C18H22ClN3O/c1-11(23)13-4-6-14(7-5-13)15-8-9-16(18(22-20)17(15)19)21-10-12-2-3-12/h4-9,11-12,21-23H,2-3,10,20H2,1H3. The van der Waals surface area contributed by atoms with Crippen LogP contribution in [0.5, 0.6) is 0 Å². The molecule has 0 amide bonds. The molecular formula is C18H22ClN3O. The van der Waals surface area contributed by atoms with Crippen molar-refractivity contribution >= 4 is 23.0 Å². The van der Waals surface area contributed by atoms with Crippen LogP contribution in [0, 0.1) is 5.92 Å².